The Bertz CT molecular complexity index is 394. The fourth-order valence-corrected chi connectivity index (χ4v) is 3.22. The van der Waals surface area contributed by atoms with Crippen LogP contribution in [0.3, 0.4) is 0 Å². The summed E-state index contributed by atoms with van der Waals surface area (Å²) in [5, 5.41) is 3.42. The molecule has 0 unspecified atom stereocenters. The third-order valence-electron chi connectivity index (χ3n) is 3.42. The van der Waals surface area contributed by atoms with Gasteiger partial charge in [0.1, 0.15) is 4.60 Å². The molecular formula is C14H22BrN3. The van der Waals surface area contributed by atoms with E-state index in [1.54, 1.807) is 0 Å². The van der Waals surface area contributed by atoms with Crippen molar-refractivity contribution >= 4 is 15.9 Å². The summed E-state index contributed by atoms with van der Waals surface area (Å²) in [6.07, 6.45) is 1.84. The molecule has 2 rings (SSSR count). The number of aromatic nitrogens is 1. The van der Waals surface area contributed by atoms with Crippen molar-refractivity contribution in [3.63, 3.8) is 0 Å². The summed E-state index contributed by atoms with van der Waals surface area (Å²) < 4.78 is 0.975. The van der Waals surface area contributed by atoms with E-state index in [0.717, 1.165) is 30.8 Å². The van der Waals surface area contributed by atoms with Gasteiger partial charge in [-0.05, 0) is 27.4 Å². The van der Waals surface area contributed by atoms with Crippen LogP contribution in [0.2, 0.25) is 0 Å². The molecule has 0 spiro atoms. The molecule has 0 bridgehead atoms. The van der Waals surface area contributed by atoms with Crippen molar-refractivity contribution in [2.75, 3.05) is 26.2 Å². The molecule has 0 radical (unpaired) electrons. The van der Waals surface area contributed by atoms with E-state index >= 15 is 0 Å². The van der Waals surface area contributed by atoms with Gasteiger partial charge in [-0.2, -0.15) is 0 Å². The molecular weight excluding hydrogens is 290 g/mol. The van der Waals surface area contributed by atoms with Crippen molar-refractivity contribution in [2.45, 2.75) is 26.8 Å². The number of rotatable bonds is 2. The molecule has 1 fully saturated rings. The van der Waals surface area contributed by atoms with E-state index in [1.807, 2.05) is 12.3 Å². The molecule has 100 valence electrons. The van der Waals surface area contributed by atoms with Gasteiger partial charge in [-0.25, -0.2) is 4.98 Å². The van der Waals surface area contributed by atoms with Crippen molar-refractivity contribution in [1.82, 2.24) is 15.2 Å². The van der Waals surface area contributed by atoms with Crippen LogP contribution in [0.5, 0.6) is 0 Å². The Morgan fingerprint density at radius 2 is 2.00 bits per heavy atom. The zero-order chi connectivity index (χ0) is 13.2. The highest BCUT2D eigenvalue weighted by molar-refractivity contribution is 9.10. The number of halogens is 1. The number of hydrogen-bond acceptors (Lipinski definition) is 3. The van der Waals surface area contributed by atoms with Gasteiger partial charge in [0.2, 0.25) is 0 Å². The Hall–Kier alpha value is -0.450. The van der Waals surface area contributed by atoms with Crippen molar-refractivity contribution in [1.29, 1.82) is 0 Å². The normalized spacial score (nSPS) is 19.8. The molecule has 1 saturated heterocycles. The predicted molar refractivity (Wildman–Crippen MR) is 78.6 cm³/mol. The molecule has 1 aliphatic rings. The number of nitrogens with zero attached hydrogens (tertiary/aromatic N) is 2. The third kappa shape index (κ3) is 3.11. The fraction of sp³-hybridized carbons (Fsp3) is 0.643. The van der Waals surface area contributed by atoms with E-state index in [0.29, 0.717) is 6.04 Å². The second-order valence-electron chi connectivity index (χ2n) is 5.94. The van der Waals surface area contributed by atoms with E-state index in [9.17, 15) is 0 Å². The molecule has 1 aromatic rings. The van der Waals surface area contributed by atoms with Crippen molar-refractivity contribution in [3.8, 4) is 0 Å². The molecule has 0 aromatic carbocycles. The molecule has 0 saturated carbocycles. The lowest BCUT2D eigenvalue weighted by molar-refractivity contribution is 0.0854. The molecule has 3 nitrogen and oxygen atoms in total. The molecule has 1 aliphatic heterocycles. The summed E-state index contributed by atoms with van der Waals surface area (Å²) in [5.74, 6) is 0. The highest BCUT2D eigenvalue weighted by Gasteiger charge is 2.33. The van der Waals surface area contributed by atoms with Crippen molar-refractivity contribution in [3.05, 3.63) is 28.5 Å². The Labute approximate surface area is 118 Å². The van der Waals surface area contributed by atoms with Gasteiger partial charge < -0.3 is 5.32 Å². The fourth-order valence-electron chi connectivity index (χ4n) is 2.75. The maximum atomic E-state index is 4.38. The van der Waals surface area contributed by atoms with Gasteiger partial charge in [0.25, 0.3) is 0 Å². The predicted octanol–water partition coefficient (Wildman–Crippen LogP) is 2.84. The SMILES string of the molecule is CC(C)(C)[C@H](c1cccnc1Br)N1CCNCC1. The number of piperazine rings is 1. The van der Waals surface area contributed by atoms with Gasteiger partial charge in [-0.15, -0.1) is 0 Å². The molecule has 0 amide bonds. The Morgan fingerprint density at radius 3 is 2.56 bits per heavy atom. The van der Waals surface area contributed by atoms with Crippen LogP contribution < -0.4 is 5.32 Å². The molecule has 1 aromatic heterocycles. The average Bonchev–Trinajstić information content (AvgIpc) is 2.32. The Balaban J connectivity index is 2.34. The summed E-state index contributed by atoms with van der Waals surface area (Å²) in [6, 6.07) is 4.62. The van der Waals surface area contributed by atoms with E-state index in [1.165, 1.54) is 5.56 Å². The van der Waals surface area contributed by atoms with Crippen LogP contribution in [0, 0.1) is 5.41 Å². The summed E-state index contributed by atoms with van der Waals surface area (Å²) in [4.78, 5) is 6.95. The van der Waals surface area contributed by atoms with Crippen LogP contribution in [-0.4, -0.2) is 36.1 Å². The summed E-state index contributed by atoms with van der Waals surface area (Å²) in [5.41, 5.74) is 1.50. The first-order valence-corrected chi connectivity index (χ1v) is 7.34. The van der Waals surface area contributed by atoms with Crippen LogP contribution in [0.4, 0.5) is 0 Å². The lowest BCUT2D eigenvalue weighted by Gasteiger charge is -2.42. The Kier molecular flexibility index (Phi) is 4.41. The van der Waals surface area contributed by atoms with Gasteiger partial charge in [0.05, 0.1) is 0 Å². The van der Waals surface area contributed by atoms with Crippen LogP contribution in [-0.2, 0) is 0 Å². The summed E-state index contributed by atoms with van der Waals surface area (Å²) in [7, 11) is 0. The molecule has 4 heteroatoms. The van der Waals surface area contributed by atoms with Gasteiger partial charge in [0, 0.05) is 44.0 Å². The van der Waals surface area contributed by atoms with Gasteiger partial charge in [-0.3, -0.25) is 4.90 Å². The summed E-state index contributed by atoms with van der Waals surface area (Å²) >= 11 is 3.60. The number of hydrogen-bond donors (Lipinski definition) is 1. The van der Waals surface area contributed by atoms with E-state index < -0.39 is 0 Å². The van der Waals surface area contributed by atoms with E-state index in [2.05, 4.69) is 58.0 Å². The van der Waals surface area contributed by atoms with Gasteiger partial charge in [0.15, 0.2) is 0 Å². The van der Waals surface area contributed by atoms with Crippen molar-refractivity contribution in [2.24, 2.45) is 5.41 Å². The standard InChI is InChI=1S/C14H22BrN3/c1-14(2,3)12(18-9-7-16-8-10-18)11-5-4-6-17-13(11)15/h4-6,12,16H,7-10H2,1-3H3/t12-/m0/s1. The second-order valence-corrected chi connectivity index (χ2v) is 6.69. The van der Waals surface area contributed by atoms with E-state index in [4.69, 9.17) is 0 Å². The molecule has 1 N–H and O–H groups in total. The lowest BCUT2D eigenvalue weighted by Crippen LogP contribution is -2.48. The number of nitrogens with one attached hydrogen (secondary N) is 1. The average molecular weight is 312 g/mol. The molecule has 2 heterocycles. The van der Waals surface area contributed by atoms with Gasteiger partial charge >= 0.3 is 0 Å². The monoisotopic (exact) mass is 311 g/mol. The minimum Gasteiger partial charge on any atom is -0.314 e. The first-order chi connectivity index (χ1) is 8.50. The van der Waals surface area contributed by atoms with Crippen LogP contribution in [0.15, 0.2) is 22.9 Å². The zero-order valence-electron chi connectivity index (χ0n) is 11.4. The maximum Gasteiger partial charge on any atom is 0.110 e. The lowest BCUT2D eigenvalue weighted by atomic mass is 9.81. The highest BCUT2D eigenvalue weighted by Crippen LogP contribution is 2.40. The van der Waals surface area contributed by atoms with Crippen LogP contribution in [0.25, 0.3) is 0 Å². The van der Waals surface area contributed by atoms with Gasteiger partial charge in [-0.1, -0.05) is 26.8 Å². The quantitative estimate of drug-likeness (QED) is 0.851. The smallest absolute Gasteiger partial charge is 0.110 e. The second kappa shape index (κ2) is 5.68. The van der Waals surface area contributed by atoms with E-state index in [-0.39, 0.29) is 5.41 Å². The summed E-state index contributed by atoms with van der Waals surface area (Å²) in [6.45, 7) is 11.3. The topological polar surface area (TPSA) is 28.2 Å². The number of pyridine rings is 1. The minimum atomic E-state index is 0.197. The zero-order valence-corrected chi connectivity index (χ0v) is 13.0. The van der Waals surface area contributed by atoms with Crippen LogP contribution in [0.1, 0.15) is 32.4 Å². The maximum absolute atomic E-state index is 4.38. The molecule has 0 aliphatic carbocycles. The third-order valence-corrected chi connectivity index (χ3v) is 4.08. The first kappa shape index (κ1) is 14.0. The molecule has 18 heavy (non-hydrogen) atoms. The Morgan fingerprint density at radius 1 is 1.33 bits per heavy atom. The first-order valence-electron chi connectivity index (χ1n) is 6.55. The molecule has 1 atom stereocenters. The minimum absolute atomic E-state index is 0.197. The van der Waals surface area contributed by atoms with Crippen LogP contribution >= 0.6 is 15.9 Å². The highest BCUT2D eigenvalue weighted by atomic mass is 79.9. The largest absolute Gasteiger partial charge is 0.314 e. The van der Waals surface area contributed by atoms with Crippen molar-refractivity contribution < 1.29 is 0 Å².